The molecule has 116 valence electrons. The molecule has 2 rings (SSSR count). The van der Waals surface area contributed by atoms with Gasteiger partial charge >= 0.3 is 0 Å². The minimum Gasteiger partial charge on any atom is -0.493 e. The second kappa shape index (κ2) is 7.96. The molecule has 0 aliphatic rings. The summed E-state index contributed by atoms with van der Waals surface area (Å²) in [5.74, 6) is 1.46. The number of carbonyl (C=O) groups excluding carboxylic acids is 1. The summed E-state index contributed by atoms with van der Waals surface area (Å²) < 4.78 is 10.4. The van der Waals surface area contributed by atoms with Crippen LogP contribution in [0, 0.1) is 0 Å². The van der Waals surface area contributed by atoms with Gasteiger partial charge < -0.3 is 14.8 Å². The first-order valence-corrected chi connectivity index (χ1v) is 7.89. The van der Waals surface area contributed by atoms with E-state index in [-0.39, 0.29) is 11.7 Å². The Morgan fingerprint density at radius 3 is 2.55 bits per heavy atom. The van der Waals surface area contributed by atoms with Crippen LogP contribution in [-0.2, 0) is 4.79 Å². The number of nitrogens with one attached hydrogen (secondary N) is 1. The normalized spacial score (nSPS) is 10.1. The summed E-state index contributed by atoms with van der Waals surface area (Å²) in [7, 11) is 3.16. The average Bonchev–Trinajstić information content (AvgIpc) is 2.54. The molecule has 0 bridgehead atoms. The average molecular weight is 338 g/mol. The van der Waals surface area contributed by atoms with Gasteiger partial charge in [0.15, 0.2) is 11.5 Å². The van der Waals surface area contributed by atoms with E-state index in [0.29, 0.717) is 22.2 Å². The molecule has 0 saturated heterocycles. The van der Waals surface area contributed by atoms with Gasteiger partial charge in [-0.15, -0.1) is 11.8 Å². The number of methoxy groups -OCH3 is 2. The Bertz CT molecular complexity index is 664. The van der Waals surface area contributed by atoms with Gasteiger partial charge in [-0.3, -0.25) is 4.79 Å². The highest BCUT2D eigenvalue weighted by Gasteiger charge is 2.08. The van der Waals surface area contributed by atoms with E-state index in [1.807, 2.05) is 30.3 Å². The second-order valence-corrected chi connectivity index (χ2v) is 5.79. The van der Waals surface area contributed by atoms with Crippen molar-refractivity contribution in [3.8, 4) is 11.5 Å². The largest absolute Gasteiger partial charge is 0.493 e. The highest BCUT2D eigenvalue weighted by molar-refractivity contribution is 8.00. The smallest absolute Gasteiger partial charge is 0.234 e. The first kappa shape index (κ1) is 16.5. The van der Waals surface area contributed by atoms with E-state index in [2.05, 4.69) is 5.32 Å². The quantitative estimate of drug-likeness (QED) is 0.806. The zero-order valence-electron chi connectivity index (χ0n) is 12.3. The number of para-hydroxylation sites is 1. The predicted molar refractivity (Wildman–Crippen MR) is 90.4 cm³/mol. The lowest BCUT2D eigenvalue weighted by molar-refractivity contribution is -0.113. The molecule has 4 nitrogen and oxygen atoms in total. The van der Waals surface area contributed by atoms with Crippen molar-refractivity contribution in [2.75, 3.05) is 25.3 Å². The number of amides is 1. The maximum atomic E-state index is 12.0. The van der Waals surface area contributed by atoms with E-state index in [1.165, 1.54) is 11.8 Å². The Kier molecular flexibility index (Phi) is 5.98. The van der Waals surface area contributed by atoms with Crippen molar-refractivity contribution >= 4 is 35.0 Å². The van der Waals surface area contributed by atoms with Gasteiger partial charge in [0.1, 0.15) is 0 Å². The number of carbonyl (C=O) groups is 1. The van der Waals surface area contributed by atoms with E-state index < -0.39 is 0 Å². The number of hydrogen-bond donors (Lipinski definition) is 1. The highest BCUT2D eigenvalue weighted by atomic mass is 35.5. The third kappa shape index (κ3) is 4.32. The first-order valence-electron chi connectivity index (χ1n) is 6.53. The minimum atomic E-state index is -0.118. The summed E-state index contributed by atoms with van der Waals surface area (Å²) in [4.78, 5) is 12.9. The molecule has 0 spiro atoms. The topological polar surface area (TPSA) is 47.6 Å². The summed E-state index contributed by atoms with van der Waals surface area (Å²) in [6.07, 6.45) is 0. The number of benzene rings is 2. The van der Waals surface area contributed by atoms with Gasteiger partial charge in [-0.05, 0) is 30.3 Å². The van der Waals surface area contributed by atoms with Crippen molar-refractivity contribution < 1.29 is 14.3 Å². The third-order valence-corrected chi connectivity index (χ3v) is 4.20. The molecule has 0 radical (unpaired) electrons. The van der Waals surface area contributed by atoms with Crippen molar-refractivity contribution in [3.05, 3.63) is 47.5 Å². The standard InChI is InChI=1S/C16H16ClNO3S/c1-20-14-8-7-11(9-15(14)21-2)22-10-16(19)18-13-6-4-3-5-12(13)17/h3-9H,10H2,1-2H3,(H,18,19). The fourth-order valence-electron chi connectivity index (χ4n) is 1.80. The van der Waals surface area contributed by atoms with Gasteiger partial charge in [0, 0.05) is 4.90 Å². The van der Waals surface area contributed by atoms with Crippen LogP contribution in [0.2, 0.25) is 5.02 Å². The van der Waals surface area contributed by atoms with E-state index in [4.69, 9.17) is 21.1 Å². The molecule has 2 aromatic carbocycles. The molecular formula is C16H16ClNO3S. The third-order valence-electron chi connectivity index (χ3n) is 2.87. The number of anilines is 1. The zero-order chi connectivity index (χ0) is 15.9. The van der Waals surface area contributed by atoms with Crippen LogP contribution in [0.4, 0.5) is 5.69 Å². The number of halogens is 1. The van der Waals surface area contributed by atoms with Gasteiger partial charge in [0.2, 0.25) is 5.91 Å². The van der Waals surface area contributed by atoms with Gasteiger partial charge in [-0.2, -0.15) is 0 Å². The summed E-state index contributed by atoms with van der Waals surface area (Å²) in [5, 5.41) is 3.30. The lowest BCUT2D eigenvalue weighted by atomic mass is 10.3. The number of ether oxygens (including phenoxy) is 2. The Hall–Kier alpha value is -1.85. The lowest BCUT2D eigenvalue weighted by Gasteiger charge is -2.10. The molecule has 0 saturated carbocycles. The monoisotopic (exact) mass is 337 g/mol. The van der Waals surface area contributed by atoms with Crippen LogP contribution in [0.3, 0.4) is 0 Å². The molecule has 0 aromatic heterocycles. The molecular weight excluding hydrogens is 322 g/mol. The number of rotatable bonds is 6. The lowest BCUT2D eigenvalue weighted by Crippen LogP contribution is -2.14. The van der Waals surface area contributed by atoms with Gasteiger partial charge in [-0.25, -0.2) is 0 Å². The van der Waals surface area contributed by atoms with Gasteiger partial charge in [-0.1, -0.05) is 23.7 Å². The SMILES string of the molecule is COc1ccc(SCC(=O)Nc2ccccc2Cl)cc1OC. The molecule has 0 heterocycles. The minimum absolute atomic E-state index is 0.118. The van der Waals surface area contributed by atoms with E-state index >= 15 is 0 Å². The molecule has 0 atom stereocenters. The predicted octanol–water partition coefficient (Wildman–Crippen LogP) is 4.09. The van der Waals surface area contributed by atoms with Crippen molar-refractivity contribution in [1.29, 1.82) is 0 Å². The van der Waals surface area contributed by atoms with E-state index in [0.717, 1.165) is 4.90 Å². The van der Waals surface area contributed by atoms with Crippen molar-refractivity contribution in [2.24, 2.45) is 0 Å². The molecule has 2 aromatic rings. The van der Waals surface area contributed by atoms with Crippen LogP contribution in [0.1, 0.15) is 0 Å². The Labute approximate surface area is 138 Å². The van der Waals surface area contributed by atoms with Crippen LogP contribution >= 0.6 is 23.4 Å². The van der Waals surface area contributed by atoms with Crippen LogP contribution in [0.15, 0.2) is 47.4 Å². The molecule has 1 amide bonds. The molecule has 6 heteroatoms. The van der Waals surface area contributed by atoms with Crippen molar-refractivity contribution in [2.45, 2.75) is 4.90 Å². The van der Waals surface area contributed by atoms with Gasteiger partial charge in [0.25, 0.3) is 0 Å². The Morgan fingerprint density at radius 1 is 1.14 bits per heavy atom. The summed E-state index contributed by atoms with van der Waals surface area (Å²) in [5.41, 5.74) is 0.613. The van der Waals surface area contributed by atoms with Gasteiger partial charge in [0.05, 0.1) is 30.7 Å². The Morgan fingerprint density at radius 2 is 1.86 bits per heavy atom. The Balaban J connectivity index is 1.95. The molecule has 1 N–H and O–H groups in total. The molecule has 0 unspecified atom stereocenters. The molecule has 22 heavy (non-hydrogen) atoms. The molecule has 0 aliphatic heterocycles. The zero-order valence-corrected chi connectivity index (χ0v) is 13.8. The second-order valence-electron chi connectivity index (χ2n) is 4.33. The van der Waals surface area contributed by atoms with Crippen molar-refractivity contribution in [3.63, 3.8) is 0 Å². The summed E-state index contributed by atoms with van der Waals surface area (Å²) in [6.45, 7) is 0. The molecule has 0 aliphatic carbocycles. The van der Waals surface area contributed by atoms with E-state index in [9.17, 15) is 4.79 Å². The molecule has 0 fully saturated rings. The summed E-state index contributed by atoms with van der Waals surface area (Å²) in [6, 6.07) is 12.7. The van der Waals surface area contributed by atoms with Crippen LogP contribution in [0.25, 0.3) is 0 Å². The van der Waals surface area contributed by atoms with Crippen LogP contribution < -0.4 is 14.8 Å². The fraction of sp³-hybridized carbons (Fsp3) is 0.188. The van der Waals surface area contributed by atoms with Crippen LogP contribution in [-0.4, -0.2) is 25.9 Å². The van der Waals surface area contributed by atoms with E-state index in [1.54, 1.807) is 26.4 Å². The maximum Gasteiger partial charge on any atom is 0.234 e. The number of hydrogen-bond acceptors (Lipinski definition) is 4. The van der Waals surface area contributed by atoms with Crippen LogP contribution in [0.5, 0.6) is 11.5 Å². The number of thioether (sulfide) groups is 1. The van der Waals surface area contributed by atoms with Crippen molar-refractivity contribution in [1.82, 2.24) is 0 Å². The maximum absolute atomic E-state index is 12.0. The first-order chi connectivity index (χ1) is 10.6. The fourth-order valence-corrected chi connectivity index (χ4v) is 2.71. The highest BCUT2D eigenvalue weighted by Crippen LogP contribution is 2.32. The summed E-state index contributed by atoms with van der Waals surface area (Å²) >= 11 is 7.42.